The summed E-state index contributed by atoms with van der Waals surface area (Å²) in [5.41, 5.74) is 1.22. The summed E-state index contributed by atoms with van der Waals surface area (Å²) >= 11 is 0. The zero-order chi connectivity index (χ0) is 12.8. The fourth-order valence-corrected chi connectivity index (χ4v) is 1.79. The predicted molar refractivity (Wildman–Crippen MR) is 65.8 cm³/mol. The Morgan fingerprint density at radius 2 is 2.12 bits per heavy atom. The zero-order valence-corrected chi connectivity index (χ0v) is 10.6. The monoisotopic (exact) mass is 238 g/mol. The van der Waals surface area contributed by atoms with Crippen LogP contribution >= 0.6 is 0 Å². The van der Waals surface area contributed by atoms with Crippen molar-refractivity contribution in [1.82, 2.24) is 0 Å². The highest BCUT2D eigenvalue weighted by Gasteiger charge is 2.21. The van der Waals surface area contributed by atoms with Crippen molar-refractivity contribution >= 4 is 5.78 Å². The van der Waals surface area contributed by atoms with Crippen LogP contribution in [0, 0.1) is 12.7 Å². The van der Waals surface area contributed by atoms with Crippen LogP contribution in [0.15, 0.2) is 18.2 Å². The first-order valence-electron chi connectivity index (χ1n) is 6.02. The number of hydrogen-bond donors (Lipinski definition) is 0. The molecule has 0 aliphatic carbocycles. The van der Waals surface area contributed by atoms with E-state index < -0.39 is 6.10 Å². The van der Waals surface area contributed by atoms with Gasteiger partial charge in [0.25, 0.3) is 0 Å². The molecule has 0 aliphatic heterocycles. The Hall–Kier alpha value is -1.22. The number of carbonyl (C=O) groups excluding carboxylic acids is 1. The smallest absolute Gasteiger partial charge is 0.191 e. The number of hydrogen-bond acceptors (Lipinski definition) is 2. The Bertz CT molecular complexity index is 382. The Morgan fingerprint density at radius 3 is 2.71 bits per heavy atom. The summed E-state index contributed by atoms with van der Waals surface area (Å²) in [6.45, 7) is 6.15. The van der Waals surface area contributed by atoms with Crippen molar-refractivity contribution in [1.29, 1.82) is 0 Å². The van der Waals surface area contributed by atoms with Gasteiger partial charge in [-0.1, -0.05) is 19.4 Å². The molecule has 0 aromatic heterocycles. The van der Waals surface area contributed by atoms with Gasteiger partial charge in [0.1, 0.15) is 11.9 Å². The van der Waals surface area contributed by atoms with Crippen molar-refractivity contribution < 1.29 is 13.9 Å². The van der Waals surface area contributed by atoms with E-state index in [1.807, 2.05) is 20.8 Å². The van der Waals surface area contributed by atoms with Crippen molar-refractivity contribution in [2.45, 2.75) is 39.7 Å². The Balaban J connectivity index is 2.95. The number of ether oxygens (including phenoxy) is 1. The first kappa shape index (κ1) is 13.8. The molecule has 0 heterocycles. The third-order valence-electron chi connectivity index (χ3n) is 2.68. The molecule has 0 spiro atoms. The number of Topliss-reactive ketones (excluding diaryl/α,β-unsaturated/α-hetero) is 1. The highest BCUT2D eigenvalue weighted by atomic mass is 19.1. The minimum Gasteiger partial charge on any atom is -0.370 e. The van der Waals surface area contributed by atoms with Gasteiger partial charge in [0, 0.05) is 12.2 Å². The van der Waals surface area contributed by atoms with Gasteiger partial charge in [-0.05, 0) is 38.0 Å². The number of carbonyl (C=O) groups is 1. The normalized spacial score (nSPS) is 12.5. The van der Waals surface area contributed by atoms with Crippen LogP contribution in [0.4, 0.5) is 4.39 Å². The van der Waals surface area contributed by atoms with E-state index in [0.29, 0.717) is 18.6 Å². The lowest BCUT2D eigenvalue weighted by molar-refractivity contribution is 0.0422. The lowest BCUT2D eigenvalue weighted by Gasteiger charge is -2.16. The van der Waals surface area contributed by atoms with Gasteiger partial charge in [0.05, 0.1) is 0 Å². The van der Waals surface area contributed by atoms with E-state index >= 15 is 0 Å². The summed E-state index contributed by atoms with van der Waals surface area (Å²) < 4.78 is 18.6. The number of benzene rings is 1. The van der Waals surface area contributed by atoms with Gasteiger partial charge in [-0.3, -0.25) is 4.79 Å². The molecule has 0 saturated heterocycles. The molecule has 1 aromatic rings. The molecule has 1 unspecified atom stereocenters. The molecule has 1 rings (SSSR count). The van der Waals surface area contributed by atoms with E-state index in [9.17, 15) is 9.18 Å². The summed E-state index contributed by atoms with van der Waals surface area (Å²) in [5, 5.41) is 0. The summed E-state index contributed by atoms with van der Waals surface area (Å²) in [6.07, 6.45) is 1.08. The molecule has 0 N–H and O–H groups in total. The van der Waals surface area contributed by atoms with Crippen LogP contribution in [0.5, 0.6) is 0 Å². The quantitative estimate of drug-likeness (QED) is 0.709. The second kappa shape index (κ2) is 6.50. The van der Waals surface area contributed by atoms with E-state index in [1.54, 1.807) is 6.07 Å². The van der Waals surface area contributed by atoms with Gasteiger partial charge < -0.3 is 4.74 Å². The van der Waals surface area contributed by atoms with E-state index in [4.69, 9.17) is 4.74 Å². The van der Waals surface area contributed by atoms with Crippen LogP contribution in [0.25, 0.3) is 0 Å². The minimum absolute atomic E-state index is 0.120. The highest BCUT2D eigenvalue weighted by Crippen LogP contribution is 2.16. The van der Waals surface area contributed by atoms with Crippen LogP contribution in [0.1, 0.15) is 42.6 Å². The predicted octanol–water partition coefficient (Wildman–Crippen LogP) is 3.52. The molecule has 17 heavy (non-hydrogen) atoms. The topological polar surface area (TPSA) is 26.3 Å². The Labute approximate surface area is 102 Å². The van der Waals surface area contributed by atoms with Crippen LogP contribution in [-0.2, 0) is 4.74 Å². The molecule has 0 bridgehead atoms. The fourth-order valence-electron chi connectivity index (χ4n) is 1.79. The van der Waals surface area contributed by atoms with Crippen molar-refractivity contribution in [3.8, 4) is 0 Å². The molecule has 94 valence electrons. The molecule has 1 atom stereocenters. The van der Waals surface area contributed by atoms with E-state index in [1.165, 1.54) is 12.1 Å². The van der Waals surface area contributed by atoms with E-state index in [2.05, 4.69) is 0 Å². The largest absolute Gasteiger partial charge is 0.370 e. The molecule has 3 heteroatoms. The summed E-state index contributed by atoms with van der Waals surface area (Å²) in [6, 6.07) is 4.28. The average molecular weight is 238 g/mol. The third-order valence-corrected chi connectivity index (χ3v) is 2.68. The molecule has 0 saturated carbocycles. The van der Waals surface area contributed by atoms with Crippen molar-refractivity contribution in [2.75, 3.05) is 6.61 Å². The van der Waals surface area contributed by atoms with Crippen LogP contribution in [0.2, 0.25) is 0 Å². The molecule has 1 aromatic carbocycles. The summed E-state index contributed by atoms with van der Waals surface area (Å²) in [5.74, 6) is -0.503. The van der Waals surface area contributed by atoms with E-state index in [0.717, 1.165) is 12.0 Å². The second-order valence-electron chi connectivity index (χ2n) is 4.06. The van der Waals surface area contributed by atoms with Crippen LogP contribution < -0.4 is 0 Å². The molecule has 0 radical (unpaired) electrons. The molecule has 2 nitrogen and oxygen atoms in total. The van der Waals surface area contributed by atoms with Gasteiger partial charge in [0.15, 0.2) is 5.78 Å². The SMILES string of the molecule is CCCC(OCC)C(=O)c1cc(F)ccc1C. The van der Waals surface area contributed by atoms with Gasteiger partial charge >= 0.3 is 0 Å². The first-order valence-corrected chi connectivity index (χ1v) is 6.02. The lowest BCUT2D eigenvalue weighted by atomic mass is 9.98. The maximum Gasteiger partial charge on any atom is 0.191 e. The van der Waals surface area contributed by atoms with Crippen LogP contribution in [0.3, 0.4) is 0 Å². The average Bonchev–Trinajstić information content (AvgIpc) is 2.31. The minimum atomic E-state index is -0.453. The second-order valence-corrected chi connectivity index (χ2v) is 4.06. The highest BCUT2D eigenvalue weighted by molar-refractivity contribution is 6.00. The maximum atomic E-state index is 13.1. The number of ketones is 1. The molecular weight excluding hydrogens is 219 g/mol. The standard InChI is InChI=1S/C14H19FO2/c1-4-6-13(17-5-2)14(16)12-9-11(15)8-7-10(12)3/h7-9,13H,4-6H2,1-3H3. The number of aryl methyl sites for hydroxylation is 1. The number of rotatable bonds is 6. The molecule has 0 aliphatic rings. The summed E-state index contributed by atoms with van der Waals surface area (Å²) in [4.78, 5) is 12.2. The van der Waals surface area contributed by atoms with Gasteiger partial charge in [-0.15, -0.1) is 0 Å². The van der Waals surface area contributed by atoms with Crippen molar-refractivity contribution in [2.24, 2.45) is 0 Å². The fraction of sp³-hybridized carbons (Fsp3) is 0.500. The lowest BCUT2D eigenvalue weighted by Crippen LogP contribution is -2.25. The molecule has 0 fully saturated rings. The first-order chi connectivity index (χ1) is 8.10. The van der Waals surface area contributed by atoms with Crippen LogP contribution in [-0.4, -0.2) is 18.5 Å². The third kappa shape index (κ3) is 3.63. The van der Waals surface area contributed by atoms with E-state index in [-0.39, 0.29) is 11.6 Å². The maximum absolute atomic E-state index is 13.1. The van der Waals surface area contributed by atoms with Crippen molar-refractivity contribution in [3.05, 3.63) is 35.1 Å². The Morgan fingerprint density at radius 1 is 1.41 bits per heavy atom. The molecule has 0 amide bonds. The van der Waals surface area contributed by atoms with Gasteiger partial charge in [-0.2, -0.15) is 0 Å². The van der Waals surface area contributed by atoms with Crippen molar-refractivity contribution in [3.63, 3.8) is 0 Å². The number of halogens is 1. The van der Waals surface area contributed by atoms with Gasteiger partial charge in [-0.25, -0.2) is 4.39 Å². The van der Waals surface area contributed by atoms with Gasteiger partial charge in [0.2, 0.25) is 0 Å². The summed E-state index contributed by atoms with van der Waals surface area (Å²) in [7, 11) is 0. The molecular formula is C14H19FO2. The Kier molecular flexibility index (Phi) is 5.29. The zero-order valence-electron chi connectivity index (χ0n) is 10.6.